The molecular weight excluding hydrogens is 280 g/mol. The molecule has 1 aromatic rings. The van der Waals surface area contributed by atoms with Crippen molar-refractivity contribution in [1.29, 1.82) is 0 Å². The number of carboxylic acids is 1. The van der Waals surface area contributed by atoms with Gasteiger partial charge in [-0.05, 0) is 17.9 Å². The maximum atomic E-state index is 11.6. The number of carboxylic acid groups (broad SMARTS) is 1. The van der Waals surface area contributed by atoms with Gasteiger partial charge in [0.25, 0.3) is 5.91 Å². The van der Waals surface area contributed by atoms with Crippen molar-refractivity contribution in [3.8, 4) is 0 Å². The predicted octanol–water partition coefficient (Wildman–Crippen LogP) is 1.24. The van der Waals surface area contributed by atoms with Gasteiger partial charge in [-0.25, -0.2) is 4.79 Å². The minimum absolute atomic E-state index is 0.0601. The Morgan fingerprint density at radius 3 is 2.70 bits per heavy atom. The molecule has 0 aromatic carbocycles. The van der Waals surface area contributed by atoms with E-state index in [1.807, 2.05) is 6.92 Å². The van der Waals surface area contributed by atoms with Crippen molar-refractivity contribution >= 4 is 29.1 Å². The highest BCUT2D eigenvalue weighted by atomic mass is 32.1. The fourth-order valence-corrected chi connectivity index (χ4v) is 2.24. The zero-order chi connectivity index (χ0) is 15.0. The molecule has 6 nitrogen and oxygen atoms in total. The van der Waals surface area contributed by atoms with Crippen molar-refractivity contribution in [1.82, 2.24) is 10.6 Å². The van der Waals surface area contributed by atoms with Crippen molar-refractivity contribution in [2.45, 2.75) is 32.2 Å². The van der Waals surface area contributed by atoms with E-state index in [0.29, 0.717) is 17.7 Å². The summed E-state index contributed by atoms with van der Waals surface area (Å²) in [4.78, 5) is 34.6. The highest BCUT2D eigenvalue weighted by Gasteiger charge is 2.18. The van der Waals surface area contributed by atoms with Crippen LogP contribution in [0, 0.1) is 0 Å². The SMILES string of the molecule is CCC[C@@H](NC(=O)CCNC(=O)c1cccs1)C(=O)O. The average Bonchev–Trinajstić information content (AvgIpc) is 2.91. The number of carbonyl (C=O) groups excluding carboxylic acids is 2. The van der Waals surface area contributed by atoms with Crippen LogP contribution in [0.15, 0.2) is 17.5 Å². The first-order valence-electron chi connectivity index (χ1n) is 6.38. The summed E-state index contributed by atoms with van der Waals surface area (Å²) in [6.07, 6.45) is 1.12. The van der Waals surface area contributed by atoms with Gasteiger partial charge < -0.3 is 15.7 Å². The maximum Gasteiger partial charge on any atom is 0.326 e. The van der Waals surface area contributed by atoms with Crippen molar-refractivity contribution in [3.05, 3.63) is 22.4 Å². The third kappa shape index (κ3) is 5.40. The molecule has 110 valence electrons. The lowest BCUT2D eigenvalue weighted by molar-refractivity contribution is -0.142. The van der Waals surface area contributed by atoms with Crippen molar-refractivity contribution in [2.24, 2.45) is 0 Å². The van der Waals surface area contributed by atoms with Crippen molar-refractivity contribution in [3.63, 3.8) is 0 Å². The van der Waals surface area contributed by atoms with Crippen LogP contribution >= 0.6 is 11.3 Å². The standard InChI is InChI=1S/C13H18N2O4S/c1-2-4-9(13(18)19)15-11(16)6-7-14-12(17)10-5-3-8-20-10/h3,5,8-9H,2,4,6-7H2,1H3,(H,14,17)(H,15,16)(H,18,19)/t9-/m1/s1. The second kappa shape index (κ2) is 8.31. The Hall–Kier alpha value is -1.89. The molecule has 0 fully saturated rings. The molecule has 0 saturated carbocycles. The first-order chi connectivity index (χ1) is 9.54. The largest absolute Gasteiger partial charge is 0.480 e. The van der Waals surface area contributed by atoms with Gasteiger partial charge in [0.1, 0.15) is 6.04 Å². The number of amides is 2. The monoisotopic (exact) mass is 298 g/mol. The molecule has 0 bridgehead atoms. The molecule has 0 spiro atoms. The van der Waals surface area contributed by atoms with Crippen molar-refractivity contribution < 1.29 is 19.5 Å². The summed E-state index contributed by atoms with van der Waals surface area (Å²) in [5.74, 6) is -1.64. The van der Waals surface area contributed by atoms with Gasteiger partial charge in [0.2, 0.25) is 5.91 Å². The third-order valence-corrected chi connectivity index (χ3v) is 3.46. The van der Waals surface area contributed by atoms with E-state index in [4.69, 9.17) is 5.11 Å². The van der Waals surface area contributed by atoms with Crippen LogP contribution in [0.5, 0.6) is 0 Å². The molecular formula is C13H18N2O4S. The van der Waals surface area contributed by atoms with Crippen LogP contribution in [-0.2, 0) is 9.59 Å². The van der Waals surface area contributed by atoms with E-state index in [0.717, 1.165) is 0 Å². The summed E-state index contributed by atoms with van der Waals surface area (Å²) < 4.78 is 0. The van der Waals surface area contributed by atoms with Gasteiger partial charge in [0.15, 0.2) is 0 Å². The molecule has 2 amide bonds. The number of thiophene rings is 1. The average molecular weight is 298 g/mol. The number of aliphatic carboxylic acids is 1. The fraction of sp³-hybridized carbons (Fsp3) is 0.462. The van der Waals surface area contributed by atoms with Crippen LogP contribution < -0.4 is 10.6 Å². The first-order valence-corrected chi connectivity index (χ1v) is 7.26. The number of hydrogen-bond donors (Lipinski definition) is 3. The lowest BCUT2D eigenvalue weighted by Crippen LogP contribution is -2.41. The second-order valence-corrected chi connectivity index (χ2v) is 5.18. The summed E-state index contributed by atoms with van der Waals surface area (Å²) in [7, 11) is 0. The molecule has 1 rings (SSSR count). The Morgan fingerprint density at radius 1 is 1.40 bits per heavy atom. The van der Waals surface area contributed by atoms with Gasteiger partial charge >= 0.3 is 5.97 Å². The van der Waals surface area contributed by atoms with Crippen LogP contribution in [0.1, 0.15) is 35.9 Å². The molecule has 0 unspecified atom stereocenters. The highest BCUT2D eigenvalue weighted by molar-refractivity contribution is 7.12. The Morgan fingerprint density at radius 2 is 2.15 bits per heavy atom. The maximum absolute atomic E-state index is 11.6. The Balaban J connectivity index is 2.29. The van der Waals surface area contributed by atoms with E-state index in [2.05, 4.69) is 10.6 Å². The molecule has 20 heavy (non-hydrogen) atoms. The van der Waals surface area contributed by atoms with E-state index in [-0.39, 0.29) is 24.8 Å². The lowest BCUT2D eigenvalue weighted by atomic mass is 10.1. The molecule has 3 N–H and O–H groups in total. The van der Waals surface area contributed by atoms with Crippen LogP contribution in [0.2, 0.25) is 0 Å². The normalized spacial score (nSPS) is 11.7. The smallest absolute Gasteiger partial charge is 0.326 e. The molecule has 1 heterocycles. The van der Waals surface area contributed by atoms with E-state index in [1.165, 1.54) is 11.3 Å². The van der Waals surface area contributed by atoms with E-state index < -0.39 is 12.0 Å². The molecule has 0 radical (unpaired) electrons. The van der Waals surface area contributed by atoms with Crippen LogP contribution in [-0.4, -0.2) is 35.5 Å². The minimum Gasteiger partial charge on any atom is -0.480 e. The first kappa shape index (κ1) is 16.2. The van der Waals surface area contributed by atoms with Gasteiger partial charge in [0.05, 0.1) is 4.88 Å². The number of nitrogens with one attached hydrogen (secondary N) is 2. The van der Waals surface area contributed by atoms with Gasteiger partial charge in [-0.1, -0.05) is 19.4 Å². The fourth-order valence-electron chi connectivity index (χ4n) is 1.60. The lowest BCUT2D eigenvalue weighted by Gasteiger charge is -2.13. The summed E-state index contributed by atoms with van der Waals surface area (Å²) in [6.45, 7) is 2.03. The van der Waals surface area contributed by atoms with Crippen molar-refractivity contribution in [2.75, 3.05) is 6.54 Å². The van der Waals surface area contributed by atoms with Gasteiger partial charge in [0, 0.05) is 13.0 Å². The summed E-state index contributed by atoms with van der Waals surface area (Å²) in [6, 6.07) is 2.61. The summed E-state index contributed by atoms with van der Waals surface area (Å²) in [5.41, 5.74) is 0. The second-order valence-electron chi connectivity index (χ2n) is 4.23. The molecule has 1 aromatic heterocycles. The quantitative estimate of drug-likeness (QED) is 0.673. The Bertz CT molecular complexity index is 459. The molecule has 0 aliphatic heterocycles. The number of hydrogen-bond acceptors (Lipinski definition) is 4. The highest BCUT2D eigenvalue weighted by Crippen LogP contribution is 2.07. The predicted molar refractivity (Wildman–Crippen MR) is 75.7 cm³/mol. The van der Waals surface area contributed by atoms with Gasteiger partial charge in [-0.15, -0.1) is 11.3 Å². The summed E-state index contributed by atoms with van der Waals surface area (Å²) >= 11 is 1.32. The molecule has 0 saturated heterocycles. The van der Waals surface area contributed by atoms with Crippen LogP contribution in [0.25, 0.3) is 0 Å². The Kier molecular flexibility index (Phi) is 6.72. The minimum atomic E-state index is -1.04. The third-order valence-electron chi connectivity index (χ3n) is 2.59. The van der Waals surface area contributed by atoms with Gasteiger partial charge in [-0.3, -0.25) is 9.59 Å². The number of rotatable bonds is 8. The van der Waals surface area contributed by atoms with E-state index >= 15 is 0 Å². The Labute approximate surface area is 121 Å². The zero-order valence-electron chi connectivity index (χ0n) is 11.2. The molecule has 0 aliphatic carbocycles. The topological polar surface area (TPSA) is 95.5 Å². The molecule has 1 atom stereocenters. The molecule has 0 aliphatic rings. The van der Waals surface area contributed by atoms with Crippen LogP contribution in [0.4, 0.5) is 0 Å². The van der Waals surface area contributed by atoms with Crippen LogP contribution in [0.3, 0.4) is 0 Å². The van der Waals surface area contributed by atoms with Gasteiger partial charge in [-0.2, -0.15) is 0 Å². The van der Waals surface area contributed by atoms with E-state index in [9.17, 15) is 14.4 Å². The zero-order valence-corrected chi connectivity index (χ0v) is 12.0. The number of carbonyl (C=O) groups is 3. The van der Waals surface area contributed by atoms with E-state index in [1.54, 1.807) is 17.5 Å². The summed E-state index contributed by atoms with van der Waals surface area (Å²) in [5, 5.41) is 15.8. The molecule has 7 heteroatoms.